The average molecular weight is 441 g/mol. The Hall–Kier alpha value is -0.810. The van der Waals surface area contributed by atoms with Gasteiger partial charge >= 0.3 is 0 Å². The first-order chi connectivity index (χ1) is 11.6. The number of rotatable bonds is 6. The summed E-state index contributed by atoms with van der Waals surface area (Å²) in [6, 6.07) is 8.93. The minimum atomic E-state index is -3.93. The maximum Gasteiger partial charge on any atom is 0.261 e. The van der Waals surface area contributed by atoms with E-state index in [-0.39, 0.29) is 11.4 Å². The van der Waals surface area contributed by atoms with Crippen LogP contribution < -0.4 is 9.44 Å². The highest BCUT2D eigenvalue weighted by Crippen LogP contribution is 2.40. The van der Waals surface area contributed by atoms with Crippen LogP contribution in [0.4, 0.5) is 5.69 Å². The van der Waals surface area contributed by atoms with E-state index in [4.69, 9.17) is 28.3 Å². The number of hydrogen-bond donors (Lipinski definition) is 2. The van der Waals surface area contributed by atoms with Crippen molar-refractivity contribution < 1.29 is 17.2 Å². The standard InChI is InChI=1S/C14H14Cl2N2O4S3/c1-2-18(24(19)20)12-5-4-10(25(17,21)22)8-14(12)23-13-6-3-9(15)7-11(13)16/h3-8H,2H2,1H3,(H,19,20)(H2,17,21,22). The molecule has 0 radical (unpaired) electrons. The van der Waals surface area contributed by atoms with Gasteiger partial charge in [-0.15, -0.1) is 0 Å². The molecule has 136 valence electrons. The SMILES string of the molecule is CCN(c1ccc(S(N)(=O)=O)cc1Sc1ccc(Cl)cc1Cl)S(=O)O. The maximum atomic E-state index is 11.6. The Morgan fingerprint density at radius 2 is 1.88 bits per heavy atom. The molecule has 1 atom stereocenters. The van der Waals surface area contributed by atoms with E-state index in [2.05, 4.69) is 0 Å². The highest BCUT2D eigenvalue weighted by molar-refractivity contribution is 7.99. The van der Waals surface area contributed by atoms with Gasteiger partial charge in [0.05, 0.1) is 15.6 Å². The van der Waals surface area contributed by atoms with Crippen molar-refractivity contribution in [1.82, 2.24) is 0 Å². The molecular formula is C14H14Cl2N2O4S3. The van der Waals surface area contributed by atoms with Crippen LogP contribution in [0.2, 0.25) is 10.0 Å². The van der Waals surface area contributed by atoms with Crippen molar-refractivity contribution in [1.29, 1.82) is 0 Å². The molecule has 0 aliphatic rings. The number of nitrogens with zero attached hydrogens (tertiary/aromatic N) is 1. The summed E-state index contributed by atoms with van der Waals surface area (Å²) in [5.41, 5.74) is 0.381. The van der Waals surface area contributed by atoms with Crippen LogP contribution in [0.25, 0.3) is 0 Å². The van der Waals surface area contributed by atoms with Crippen LogP contribution in [-0.4, -0.2) is 23.7 Å². The molecule has 0 amide bonds. The molecule has 0 aliphatic carbocycles. The zero-order chi connectivity index (χ0) is 18.8. The molecule has 0 heterocycles. The van der Waals surface area contributed by atoms with Gasteiger partial charge in [0.15, 0.2) is 0 Å². The Balaban J connectivity index is 2.60. The third kappa shape index (κ3) is 5.10. The van der Waals surface area contributed by atoms with Crippen molar-refractivity contribution in [3.63, 3.8) is 0 Å². The van der Waals surface area contributed by atoms with Crippen LogP contribution >= 0.6 is 35.0 Å². The van der Waals surface area contributed by atoms with Crippen molar-refractivity contribution >= 4 is 61.9 Å². The van der Waals surface area contributed by atoms with Gasteiger partial charge in [0, 0.05) is 21.4 Å². The van der Waals surface area contributed by atoms with E-state index in [0.717, 1.165) is 11.8 Å². The molecule has 2 aromatic rings. The minimum Gasteiger partial charge on any atom is -0.289 e. The lowest BCUT2D eigenvalue weighted by atomic mass is 10.3. The van der Waals surface area contributed by atoms with E-state index in [1.807, 2.05) is 0 Å². The molecule has 0 fully saturated rings. The summed E-state index contributed by atoms with van der Waals surface area (Å²) >= 11 is 10.9. The fourth-order valence-electron chi connectivity index (χ4n) is 2.00. The number of hydrogen-bond acceptors (Lipinski definition) is 4. The Morgan fingerprint density at radius 1 is 1.20 bits per heavy atom. The van der Waals surface area contributed by atoms with E-state index in [0.29, 0.717) is 25.5 Å². The summed E-state index contributed by atoms with van der Waals surface area (Å²) < 4.78 is 45.5. The molecule has 0 saturated heterocycles. The first kappa shape index (κ1) is 20.5. The maximum absolute atomic E-state index is 11.6. The molecule has 25 heavy (non-hydrogen) atoms. The second-order valence-corrected chi connectivity index (χ2v) is 9.17. The van der Waals surface area contributed by atoms with Crippen LogP contribution in [0.5, 0.6) is 0 Å². The third-order valence-corrected chi connectivity index (χ3v) is 6.64. The first-order valence-electron chi connectivity index (χ1n) is 6.81. The van der Waals surface area contributed by atoms with Crippen molar-refractivity contribution in [2.75, 3.05) is 10.8 Å². The van der Waals surface area contributed by atoms with Crippen molar-refractivity contribution in [3.05, 3.63) is 46.4 Å². The van der Waals surface area contributed by atoms with Gasteiger partial charge in [-0.25, -0.2) is 17.8 Å². The van der Waals surface area contributed by atoms with Gasteiger partial charge in [0.25, 0.3) is 11.3 Å². The van der Waals surface area contributed by atoms with Crippen LogP contribution in [-0.2, 0) is 21.3 Å². The molecule has 2 rings (SSSR count). The molecule has 0 aromatic heterocycles. The first-order valence-corrected chi connectivity index (χ1v) is 11.0. The second kappa shape index (κ2) is 8.26. The van der Waals surface area contributed by atoms with E-state index >= 15 is 0 Å². The summed E-state index contributed by atoms with van der Waals surface area (Å²) in [7, 11) is -3.93. The van der Waals surface area contributed by atoms with Crippen molar-refractivity contribution in [2.24, 2.45) is 5.14 Å². The zero-order valence-electron chi connectivity index (χ0n) is 12.8. The highest BCUT2D eigenvalue weighted by Gasteiger charge is 2.19. The van der Waals surface area contributed by atoms with E-state index in [9.17, 15) is 17.2 Å². The molecule has 1 unspecified atom stereocenters. The lowest BCUT2D eigenvalue weighted by Crippen LogP contribution is -2.25. The summed E-state index contributed by atoms with van der Waals surface area (Å²) in [5, 5.41) is 6.01. The summed E-state index contributed by atoms with van der Waals surface area (Å²) in [4.78, 5) is 0.919. The molecule has 3 N–H and O–H groups in total. The van der Waals surface area contributed by atoms with Gasteiger partial charge < -0.3 is 0 Å². The summed E-state index contributed by atoms with van der Waals surface area (Å²) in [5.74, 6) is 0. The smallest absolute Gasteiger partial charge is 0.261 e. The number of anilines is 1. The topological polar surface area (TPSA) is 101 Å². The average Bonchev–Trinajstić information content (AvgIpc) is 2.50. The molecule has 0 aliphatic heterocycles. The fourth-order valence-corrected chi connectivity index (χ4v) is 4.74. The number of benzene rings is 2. The van der Waals surface area contributed by atoms with Gasteiger partial charge in [0.2, 0.25) is 10.0 Å². The molecular weight excluding hydrogens is 427 g/mol. The third-order valence-electron chi connectivity index (χ3n) is 3.12. The Bertz CT molecular complexity index is 922. The molecule has 0 spiro atoms. The fraction of sp³-hybridized carbons (Fsp3) is 0.143. The summed E-state index contributed by atoms with van der Waals surface area (Å²) in [6.07, 6.45) is 0. The van der Waals surface area contributed by atoms with E-state index in [1.54, 1.807) is 25.1 Å². The largest absolute Gasteiger partial charge is 0.289 e. The number of primary sulfonamides is 1. The minimum absolute atomic E-state index is 0.108. The van der Waals surface area contributed by atoms with Crippen LogP contribution in [0.15, 0.2) is 51.1 Å². The van der Waals surface area contributed by atoms with Crippen LogP contribution in [0.1, 0.15) is 6.92 Å². The van der Waals surface area contributed by atoms with Gasteiger partial charge in [-0.05, 0) is 43.3 Å². The van der Waals surface area contributed by atoms with Crippen LogP contribution in [0, 0.1) is 0 Å². The predicted molar refractivity (Wildman–Crippen MR) is 102 cm³/mol. The van der Waals surface area contributed by atoms with Gasteiger partial charge in [-0.2, -0.15) is 0 Å². The number of halogens is 2. The zero-order valence-corrected chi connectivity index (χ0v) is 16.8. The molecule has 0 saturated carbocycles. The van der Waals surface area contributed by atoms with E-state index in [1.165, 1.54) is 22.5 Å². The molecule has 0 bridgehead atoms. The Labute approximate surface area is 162 Å². The van der Waals surface area contributed by atoms with E-state index < -0.39 is 21.3 Å². The Kier molecular flexibility index (Phi) is 6.77. The summed E-state index contributed by atoms with van der Waals surface area (Å²) in [6.45, 7) is 1.94. The van der Waals surface area contributed by atoms with Gasteiger partial charge in [-0.3, -0.25) is 8.86 Å². The van der Waals surface area contributed by atoms with Crippen molar-refractivity contribution in [3.8, 4) is 0 Å². The Morgan fingerprint density at radius 3 is 2.40 bits per heavy atom. The predicted octanol–water partition coefficient (Wildman–Crippen LogP) is 3.76. The van der Waals surface area contributed by atoms with Gasteiger partial charge in [-0.1, -0.05) is 35.0 Å². The molecule has 6 nitrogen and oxygen atoms in total. The number of sulfonamides is 1. The quantitative estimate of drug-likeness (QED) is 0.665. The highest BCUT2D eigenvalue weighted by atomic mass is 35.5. The van der Waals surface area contributed by atoms with Crippen LogP contribution in [0.3, 0.4) is 0 Å². The van der Waals surface area contributed by atoms with Crippen molar-refractivity contribution in [2.45, 2.75) is 21.6 Å². The second-order valence-electron chi connectivity index (χ2n) is 4.78. The molecule has 11 heteroatoms. The lowest BCUT2D eigenvalue weighted by molar-refractivity contribution is 0.559. The molecule has 2 aromatic carbocycles. The lowest BCUT2D eigenvalue weighted by Gasteiger charge is -2.21. The number of nitrogens with two attached hydrogens (primary N) is 1. The van der Waals surface area contributed by atoms with Gasteiger partial charge in [0.1, 0.15) is 0 Å². The normalized spacial score (nSPS) is 12.8. The monoisotopic (exact) mass is 440 g/mol.